The van der Waals surface area contributed by atoms with E-state index in [0.29, 0.717) is 38.5 Å². The molecule has 3 aromatic carbocycles. The van der Waals surface area contributed by atoms with Gasteiger partial charge in [0, 0.05) is 40.5 Å². The third kappa shape index (κ3) is 3.42. The minimum Gasteiger partial charge on any atom is -0.494 e. The van der Waals surface area contributed by atoms with Gasteiger partial charge in [-0.3, -0.25) is 4.79 Å². The van der Waals surface area contributed by atoms with E-state index in [4.69, 9.17) is 9.47 Å². The number of hydrogen-bond donors (Lipinski definition) is 1. The van der Waals surface area contributed by atoms with Gasteiger partial charge < -0.3 is 19.4 Å². The number of nitrogens with one attached hydrogen (secondary N) is 1. The fourth-order valence-corrected chi connectivity index (χ4v) is 4.08. The summed E-state index contributed by atoms with van der Waals surface area (Å²) in [5, 5.41) is 2.28. The fraction of sp³-hybridized carbons (Fsp3) is 0.240. The highest BCUT2D eigenvalue weighted by molar-refractivity contribution is 6.10. The molecule has 4 aromatic rings. The van der Waals surface area contributed by atoms with Crippen molar-refractivity contribution < 1.29 is 14.3 Å². The van der Waals surface area contributed by atoms with Crippen LogP contribution >= 0.6 is 0 Å². The van der Waals surface area contributed by atoms with E-state index in [2.05, 4.69) is 35.3 Å². The van der Waals surface area contributed by atoms with E-state index >= 15 is 0 Å². The van der Waals surface area contributed by atoms with Crippen molar-refractivity contribution in [3.05, 3.63) is 66.2 Å². The molecule has 30 heavy (non-hydrogen) atoms. The lowest BCUT2D eigenvalue weighted by Crippen LogP contribution is -2.40. The molecule has 5 rings (SSSR count). The first-order valence-electron chi connectivity index (χ1n) is 10.4. The minimum atomic E-state index is 0.0638. The summed E-state index contributed by atoms with van der Waals surface area (Å²) in [7, 11) is 0. The van der Waals surface area contributed by atoms with Gasteiger partial charge in [0.05, 0.1) is 19.8 Å². The Kier molecular flexibility index (Phi) is 4.89. The van der Waals surface area contributed by atoms with E-state index in [1.54, 1.807) is 0 Å². The number of fused-ring (bicyclic) bond motifs is 3. The summed E-state index contributed by atoms with van der Waals surface area (Å²) in [5.74, 6) is 0.945. The van der Waals surface area contributed by atoms with Gasteiger partial charge in [-0.2, -0.15) is 0 Å². The van der Waals surface area contributed by atoms with Crippen LogP contribution in [0.2, 0.25) is 0 Å². The van der Waals surface area contributed by atoms with Crippen LogP contribution in [0.1, 0.15) is 17.3 Å². The molecule has 0 saturated carbocycles. The molecule has 1 aliphatic rings. The van der Waals surface area contributed by atoms with Crippen molar-refractivity contribution in [3.63, 3.8) is 0 Å². The molecular formula is C25H24N2O3. The average molecular weight is 400 g/mol. The number of rotatable bonds is 4. The lowest BCUT2D eigenvalue weighted by atomic mass is 10.0. The summed E-state index contributed by atoms with van der Waals surface area (Å²) in [6.45, 7) is 5.16. The molecule has 1 aromatic heterocycles. The number of carbonyl (C=O) groups excluding carboxylic acids is 1. The predicted octanol–water partition coefficient (Wildman–Crippen LogP) is 4.86. The first-order valence-corrected chi connectivity index (χ1v) is 10.4. The number of hydrogen-bond acceptors (Lipinski definition) is 3. The van der Waals surface area contributed by atoms with Gasteiger partial charge in [-0.05, 0) is 54.4 Å². The zero-order valence-corrected chi connectivity index (χ0v) is 17.0. The largest absolute Gasteiger partial charge is 0.494 e. The molecule has 1 amide bonds. The highest BCUT2D eigenvalue weighted by Crippen LogP contribution is 2.31. The molecular weight excluding hydrogens is 376 g/mol. The van der Waals surface area contributed by atoms with Crippen molar-refractivity contribution in [3.8, 4) is 16.9 Å². The maximum atomic E-state index is 12.8. The lowest BCUT2D eigenvalue weighted by molar-refractivity contribution is 0.0303. The Labute approximate surface area is 175 Å². The number of H-pyrrole nitrogens is 1. The van der Waals surface area contributed by atoms with Gasteiger partial charge in [0.2, 0.25) is 0 Å². The van der Waals surface area contributed by atoms with Crippen LogP contribution in [-0.2, 0) is 4.74 Å². The number of carbonyl (C=O) groups is 1. The van der Waals surface area contributed by atoms with Crippen LogP contribution in [0.15, 0.2) is 60.7 Å². The Balaban J connectivity index is 1.49. The lowest BCUT2D eigenvalue weighted by Gasteiger charge is -2.26. The first kappa shape index (κ1) is 18.7. The van der Waals surface area contributed by atoms with Crippen LogP contribution in [0.3, 0.4) is 0 Å². The summed E-state index contributed by atoms with van der Waals surface area (Å²) in [4.78, 5) is 18.1. The summed E-state index contributed by atoms with van der Waals surface area (Å²) < 4.78 is 10.9. The third-order valence-electron chi connectivity index (χ3n) is 5.64. The Bertz CT molecular complexity index is 1200. The van der Waals surface area contributed by atoms with Crippen LogP contribution in [-0.4, -0.2) is 48.7 Å². The smallest absolute Gasteiger partial charge is 0.254 e. The molecule has 0 aliphatic carbocycles. The van der Waals surface area contributed by atoms with Gasteiger partial charge in [-0.25, -0.2) is 0 Å². The average Bonchev–Trinajstić information content (AvgIpc) is 3.17. The SMILES string of the molecule is CCOc1ccc(-c2ccc3[nH]c4cc(C(=O)N5CCOCC5)ccc4c3c2)cc1. The van der Waals surface area contributed by atoms with Gasteiger partial charge in [-0.15, -0.1) is 0 Å². The van der Waals surface area contributed by atoms with Crippen LogP contribution in [0, 0.1) is 0 Å². The molecule has 2 heterocycles. The maximum Gasteiger partial charge on any atom is 0.254 e. The summed E-state index contributed by atoms with van der Waals surface area (Å²) >= 11 is 0. The molecule has 0 bridgehead atoms. The Morgan fingerprint density at radius 2 is 1.70 bits per heavy atom. The number of amides is 1. The zero-order valence-electron chi connectivity index (χ0n) is 17.0. The third-order valence-corrected chi connectivity index (χ3v) is 5.64. The van der Waals surface area contributed by atoms with E-state index in [9.17, 15) is 4.79 Å². The summed E-state index contributed by atoms with van der Waals surface area (Å²) in [6.07, 6.45) is 0. The zero-order chi connectivity index (χ0) is 20.5. The fourth-order valence-electron chi connectivity index (χ4n) is 4.08. The Morgan fingerprint density at radius 3 is 2.47 bits per heavy atom. The quantitative estimate of drug-likeness (QED) is 0.532. The molecule has 0 radical (unpaired) electrons. The molecule has 0 spiro atoms. The molecule has 5 nitrogen and oxygen atoms in total. The van der Waals surface area contributed by atoms with Crippen molar-refractivity contribution in [1.29, 1.82) is 0 Å². The van der Waals surface area contributed by atoms with Gasteiger partial charge in [0.25, 0.3) is 5.91 Å². The predicted molar refractivity (Wildman–Crippen MR) is 119 cm³/mol. The molecule has 5 heteroatoms. The van der Waals surface area contributed by atoms with Crippen LogP contribution in [0.5, 0.6) is 5.75 Å². The molecule has 1 fully saturated rings. The topological polar surface area (TPSA) is 54.6 Å². The monoisotopic (exact) mass is 400 g/mol. The standard InChI is InChI=1S/C25H24N2O3/c1-2-30-20-7-3-17(4-8-20)18-6-10-23-22(15-18)21-9-5-19(16-24(21)26-23)25(28)27-11-13-29-14-12-27/h3-10,15-16,26H,2,11-14H2,1H3. The second-order valence-electron chi connectivity index (χ2n) is 7.51. The molecule has 1 saturated heterocycles. The number of aromatic nitrogens is 1. The maximum absolute atomic E-state index is 12.8. The number of aromatic amines is 1. The number of nitrogens with zero attached hydrogens (tertiary/aromatic N) is 1. The van der Waals surface area contributed by atoms with E-state index in [1.807, 2.05) is 42.2 Å². The van der Waals surface area contributed by atoms with Crippen molar-refractivity contribution in [2.24, 2.45) is 0 Å². The Hall–Kier alpha value is -3.31. The van der Waals surface area contributed by atoms with Crippen LogP contribution in [0.4, 0.5) is 0 Å². The molecule has 1 N–H and O–H groups in total. The number of ether oxygens (including phenoxy) is 2. The first-order chi connectivity index (χ1) is 14.7. The minimum absolute atomic E-state index is 0.0638. The molecule has 152 valence electrons. The van der Waals surface area contributed by atoms with E-state index in [-0.39, 0.29) is 5.91 Å². The molecule has 0 atom stereocenters. The number of benzene rings is 3. The second kappa shape index (κ2) is 7.84. The van der Waals surface area contributed by atoms with Gasteiger partial charge in [0.1, 0.15) is 5.75 Å². The highest BCUT2D eigenvalue weighted by Gasteiger charge is 2.19. The summed E-state index contributed by atoms with van der Waals surface area (Å²) in [6, 6.07) is 20.5. The second-order valence-corrected chi connectivity index (χ2v) is 7.51. The van der Waals surface area contributed by atoms with Crippen molar-refractivity contribution >= 4 is 27.7 Å². The number of morpholine rings is 1. The van der Waals surface area contributed by atoms with Gasteiger partial charge in [-0.1, -0.05) is 24.3 Å². The van der Waals surface area contributed by atoms with Crippen LogP contribution < -0.4 is 4.74 Å². The Morgan fingerprint density at radius 1 is 0.933 bits per heavy atom. The molecule has 0 unspecified atom stereocenters. The van der Waals surface area contributed by atoms with Gasteiger partial charge in [0.15, 0.2) is 0 Å². The van der Waals surface area contributed by atoms with Crippen molar-refractivity contribution in [1.82, 2.24) is 9.88 Å². The normalized spacial score (nSPS) is 14.4. The van der Waals surface area contributed by atoms with Crippen LogP contribution in [0.25, 0.3) is 32.9 Å². The van der Waals surface area contributed by atoms with E-state index in [1.165, 1.54) is 0 Å². The van der Waals surface area contributed by atoms with Crippen molar-refractivity contribution in [2.75, 3.05) is 32.9 Å². The van der Waals surface area contributed by atoms with Crippen molar-refractivity contribution in [2.45, 2.75) is 6.92 Å². The molecule has 1 aliphatic heterocycles. The van der Waals surface area contributed by atoms with E-state index in [0.717, 1.165) is 38.7 Å². The summed E-state index contributed by atoms with van der Waals surface area (Å²) in [5.41, 5.74) is 5.06. The van der Waals surface area contributed by atoms with Gasteiger partial charge >= 0.3 is 0 Å². The van der Waals surface area contributed by atoms with E-state index < -0.39 is 0 Å². The highest BCUT2D eigenvalue weighted by atomic mass is 16.5.